The van der Waals surface area contributed by atoms with Crippen molar-refractivity contribution in [2.75, 3.05) is 0 Å². The molecule has 0 atom stereocenters. The molecule has 0 fully saturated rings. The number of allylic oxidation sites excluding steroid dienone is 5. The van der Waals surface area contributed by atoms with Crippen LogP contribution in [-0.2, 0) is 6.42 Å². The molecule has 2 aromatic carbocycles. The van der Waals surface area contributed by atoms with Crippen LogP contribution in [0.4, 0.5) is 0 Å². The standard InChI is InChI=1S/C25H25Cl/c1-17-10-12-20(13-11-17)25-23-8-4-3-6-19(23)7-5-9-24(25)22-15-14-21(26)16-18(22)2/h3-4,6,8,10-13,16H,5,7,9,14-15H2,1-2H3. The van der Waals surface area contributed by atoms with Crippen molar-refractivity contribution in [3.63, 3.8) is 0 Å². The van der Waals surface area contributed by atoms with Gasteiger partial charge in [0.1, 0.15) is 0 Å². The van der Waals surface area contributed by atoms with Crippen LogP contribution in [0, 0.1) is 6.92 Å². The predicted octanol–water partition coefficient (Wildman–Crippen LogP) is 7.37. The highest BCUT2D eigenvalue weighted by Gasteiger charge is 2.23. The summed E-state index contributed by atoms with van der Waals surface area (Å²) < 4.78 is 0. The number of hydrogen-bond acceptors (Lipinski definition) is 0. The summed E-state index contributed by atoms with van der Waals surface area (Å²) in [6.07, 6.45) is 7.66. The van der Waals surface area contributed by atoms with E-state index < -0.39 is 0 Å². The molecule has 0 amide bonds. The molecule has 1 heteroatoms. The lowest BCUT2D eigenvalue weighted by molar-refractivity contribution is 0.807. The second-order valence-corrected chi connectivity index (χ2v) is 7.97. The van der Waals surface area contributed by atoms with Gasteiger partial charge in [-0.3, -0.25) is 0 Å². The van der Waals surface area contributed by atoms with Crippen LogP contribution in [0.15, 0.2) is 76.4 Å². The Kier molecular flexibility index (Phi) is 4.87. The summed E-state index contributed by atoms with van der Waals surface area (Å²) in [6, 6.07) is 18.0. The zero-order valence-corrected chi connectivity index (χ0v) is 16.4. The van der Waals surface area contributed by atoms with Crippen LogP contribution in [0.1, 0.15) is 54.9 Å². The molecule has 0 aliphatic heterocycles. The van der Waals surface area contributed by atoms with Gasteiger partial charge in [-0.15, -0.1) is 0 Å². The van der Waals surface area contributed by atoms with Crippen molar-refractivity contribution in [1.29, 1.82) is 0 Å². The molecule has 2 aromatic rings. The summed E-state index contributed by atoms with van der Waals surface area (Å²) >= 11 is 6.31. The third kappa shape index (κ3) is 3.31. The number of rotatable bonds is 2. The molecule has 4 rings (SSSR count). The predicted molar refractivity (Wildman–Crippen MR) is 112 cm³/mol. The van der Waals surface area contributed by atoms with Crippen molar-refractivity contribution in [3.05, 3.63) is 98.6 Å². The van der Waals surface area contributed by atoms with Gasteiger partial charge in [0.15, 0.2) is 0 Å². The SMILES string of the molecule is CC1=C(C2=C(c3ccc(C)cc3)c3ccccc3CCC2)CCC(Cl)=C1. The van der Waals surface area contributed by atoms with E-state index in [1.165, 1.54) is 51.0 Å². The molecule has 132 valence electrons. The van der Waals surface area contributed by atoms with Gasteiger partial charge in [0.05, 0.1) is 0 Å². The van der Waals surface area contributed by atoms with Crippen LogP contribution in [0.5, 0.6) is 0 Å². The van der Waals surface area contributed by atoms with Gasteiger partial charge in [0.2, 0.25) is 0 Å². The average molecular weight is 361 g/mol. The van der Waals surface area contributed by atoms with Crippen LogP contribution >= 0.6 is 11.6 Å². The minimum atomic E-state index is 0.959. The first-order valence-corrected chi connectivity index (χ1v) is 9.96. The smallest absolute Gasteiger partial charge is 0.0187 e. The Morgan fingerprint density at radius 2 is 1.54 bits per heavy atom. The summed E-state index contributed by atoms with van der Waals surface area (Å²) in [7, 11) is 0. The van der Waals surface area contributed by atoms with Gasteiger partial charge in [0.25, 0.3) is 0 Å². The summed E-state index contributed by atoms with van der Waals surface area (Å²) in [6.45, 7) is 4.37. The van der Waals surface area contributed by atoms with Gasteiger partial charge < -0.3 is 0 Å². The van der Waals surface area contributed by atoms with Crippen LogP contribution in [0.2, 0.25) is 0 Å². The van der Waals surface area contributed by atoms with E-state index in [9.17, 15) is 0 Å². The fourth-order valence-electron chi connectivity index (χ4n) is 4.30. The van der Waals surface area contributed by atoms with Gasteiger partial charge in [-0.25, -0.2) is 0 Å². The topological polar surface area (TPSA) is 0 Å². The van der Waals surface area contributed by atoms with Crippen molar-refractivity contribution in [2.45, 2.75) is 46.0 Å². The lowest BCUT2D eigenvalue weighted by atomic mass is 9.83. The summed E-state index contributed by atoms with van der Waals surface area (Å²) in [5, 5.41) is 0.984. The maximum atomic E-state index is 6.31. The molecule has 0 nitrogen and oxygen atoms in total. The van der Waals surface area contributed by atoms with E-state index in [1.54, 1.807) is 0 Å². The number of fused-ring (bicyclic) bond motifs is 1. The molecule has 0 radical (unpaired) electrons. The first kappa shape index (κ1) is 17.4. The van der Waals surface area contributed by atoms with E-state index >= 15 is 0 Å². The highest BCUT2D eigenvalue weighted by Crippen LogP contribution is 2.42. The molecule has 0 unspecified atom stereocenters. The lowest BCUT2D eigenvalue weighted by Crippen LogP contribution is -2.03. The highest BCUT2D eigenvalue weighted by atomic mass is 35.5. The molecule has 0 spiro atoms. The molecule has 0 heterocycles. The molecule has 0 saturated heterocycles. The Hall–Kier alpha value is -2.05. The minimum absolute atomic E-state index is 0.959. The molecule has 0 N–H and O–H groups in total. The van der Waals surface area contributed by atoms with Gasteiger partial charge >= 0.3 is 0 Å². The van der Waals surface area contributed by atoms with Crippen molar-refractivity contribution in [2.24, 2.45) is 0 Å². The molecular weight excluding hydrogens is 336 g/mol. The number of halogens is 1. The maximum Gasteiger partial charge on any atom is 0.0187 e. The second kappa shape index (κ2) is 7.29. The van der Waals surface area contributed by atoms with Gasteiger partial charge in [0, 0.05) is 5.03 Å². The molecule has 0 bridgehead atoms. The first-order valence-electron chi connectivity index (χ1n) is 9.58. The van der Waals surface area contributed by atoms with Gasteiger partial charge in [-0.2, -0.15) is 0 Å². The zero-order valence-electron chi connectivity index (χ0n) is 15.6. The van der Waals surface area contributed by atoms with Crippen molar-refractivity contribution in [3.8, 4) is 0 Å². The number of hydrogen-bond donors (Lipinski definition) is 0. The number of aryl methyl sites for hydroxylation is 2. The molecule has 2 aliphatic carbocycles. The summed E-state index contributed by atoms with van der Waals surface area (Å²) in [4.78, 5) is 0. The third-order valence-electron chi connectivity index (χ3n) is 5.63. The Morgan fingerprint density at radius 1 is 0.769 bits per heavy atom. The van der Waals surface area contributed by atoms with E-state index in [4.69, 9.17) is 11.6 Å². The lowest BCUT2D eigenvalue weighted by Gasteiger charge is -2.22. The van der Waals surface area contributed by atoms with Crippen molar-refractivity contribution >= 4 is 17.2 Å². The van der Waals surface area contributed by atoms with Gasteiger partial charge in [-0.1, -0.05) is 65.7 Å². The van der Waals surface area contributed by atoms with Crippen molar-refractivity contribution < 1.29 is 0 Å². The Balaban J connectivity index is 1.99. The Bertz CT molecular complexity index is 923. The van der Waals surface area contributed by atoms with E-state index in [2.05, 4.69) is 68.5 Å². The van der Waals surface area contributed by atoms with Gasteiger partial charge in [-0.05, 0) is 91.0 Å². The Morgan fingerprint density at radius 3 is 2.31 bits per heavy atom. The number of benzene rings is 2. The van der Waals surface area contributed by atoms with Crippen LogP contribution in [0.3, 0.4) is 0 Å². The van der Waals surface area contributed by atoms with E-state index in [0.717, 1.165) is 30.7 Å². The zero-order chi connectivity index (χ0) is 18.1. The molecule has 2 aliphatic rings. The van der Waals surface area contributed by atoms with E-state index in [-0.39, 0.29) is 0 Å². The van der Waals surface area contributed by atoms with Crippen LogP contribution in [0.25, 0.3) is 5.57 Å². The van der Waals surface area contributed by atoms with Crippen LogP contribution < -0.4 is 0 Å². The van der Waals surface area contributed by atoms with E-state index in [1.807, 2.05) is 0 Å². The van der Waals surface area contributed by atoms with Crippen molar-refractivity contribution in [1.82, 2.24) is 0 Å². The Labute approximate surface area is 161 Å². The van der Waals surface area contributed by atoms with Crippen LogP contribution in [-0.4, -0.2) is 0 Å². The molecule has 0 aromatic heterocycles. The minimum Gasteiger partial charge on any atom is -0.0891 e. The second-order valence-electron chi connectivity index (χ2n) is 7.48. The van der Waals surface area contributed by atoms with E-state index in [0.29, 0.717) is 0 Å². The fourth-order valence-corrected chi connectivity index (χ4v) is 4.56. The first-order chi connectivity index (χ1) is 12.6. The normalized spacial score (nSPS) is 17.7. The molecule has 26 heavy (non-hydrogen) atoms. The maximum absolute atomic E-state index is 6.31. The summed E-state index contributed by atoms with van der Waals surface area (Å²) in [5.41, 5.74) is 11.3. The quantitative estimate of drug-likeness (QED) is 0.524. The third-order valence-corrected chi connectivity index (χ3v) is 5.93. The monoisotopic (exact) mass is 360 g/mol. The molecule has 0 saturated carbocycles. The highest BCUT2D eigenvalue weighted by molar-refractivity contribution is 6.29. The summed E-state index contributed by atoms with van der Waals surface area (Å²) in [5.74, 6) is 0. The largest absolute Gasteiger partial charge is 0.0891 e. The average Bonchev–Trinajstić information content (AvgIpc) is 2.82. The molecular formula is C25H25Cl. The fraction of sp³-hybridized carbons (Fsp3) is 0.280.